The van der Waals surface area contributed by atoms with Gasteiger partial charge in [-0.2, -0.15) is 5.26 Å². The molecule has 0 saturated carbocycles. The van der Waals surface area contributed by atoms with E-state index in [-0.39, 0.29) is 5.82 Å². The van der Waals surface area contributed by atoms with E-state index in [0.717, 1.165) is 17.0 Å². The van der Waals surface area contributed by atoms with Crippen LogP contribution in [0.3, 0.4) is 0 Å². The van der Waals surface area contributed by atoms with Gasteiger partial charge in [-0.25, -0.2) is 9.37 Å². The largest absolute Gasteiger partial charge is 0.300 e. The van der Waals surface area contributed by atoms with Crippen molar-refractivity contribution in [3.05, 3.63) is 59.2 Å². The number of benzene rings is 1. The zero-order chi connectivity index (χ0) is 14.3. The monoisotopic (exact) mass is 265 g/mol. The van der Waals surface area contributed by atoms with Crippen LogP contribution in [0.1, 0.15) is 16.8 Å². The Labute approximate surface area is 115 Å². The molecule has 3 rings (SSSR count). The van der Waals surface area contributed by atoms with Crippen LogP contribution in [-0.2, 0) is 0 Å². The summed E-state index contributed by atoms with van der Waals surface area (Å²) in [5.41, 5.74) is 2.68. The molecule has 0 atom stereocenters. The summed E-state index contributed by atoms with van der Waals surface area (Å²) in [6.45, 7) is 3.62. The lowest BCUT2D eigenvalue weighted by molar-refractivity contribution is 0.620. The van der Waals surface area contributed by atoms with Crippen LogP contribution in [0.2, 0.25) is 0 Å². The van der Waals surface area contributed by atoms with E-state index >= 15 is 0 Å². The molecule has 0 unspecified atom stereocenters. The standard InChI is InChI=1S/C16H12FN3/c1-10-6-15-13(7-14(10)17)12(8-18)9-20(15)16-5-3-4-11(2)19-16/h3-7,9H,1-2H3. The maximum atomic E-state index is 13.7. The Morgan fingerprint density at radius 1 is 1.25 bits per heavy atom. The highest BCUT2D eigenvalue weighted by atomic mass is 19.1. The average molecular weight is 265 g/mol. The second kappa shape index (κ2) is 4.46. The van der Waals surface area contributed by atoms with Gasteiger partial charge in [-0.05, 0) is 43.7 Å². The third kappa shape index (κ3) is 1.84. The van der Waals surface area contributed by atoms with Crippen molar-refractivity contribution in [1.82, 2.24) is 9.55 Å². The molecule has 0 aliphatic rings. The molecule has 4 heteroatoms. The summed E-state index contributed by atoms with van der Waals surface area (Å²) in [4.78, 5) is 4.45. The van der Waals surface area contributed by atoms with Crippen molar-refractivity contribution in [1.29, 1.82) is 5.26 Å². The molecule has 20 heavy (non-hydrogen) atoms. The number of nitriles is 1. The number of fused-ring (bicyclic) bond motifs is 1. The molecular formula is C16H12FN3. The van der Waals surface area contributed by atoms with Crippen molar-refractivity contribution in [3.8, 4) is 11.9 Å². The Kier molecular flexibility index (Phi) is 2.76. The topological polar surface area (TPSA) is 41.6 Å². The second-order valence-electron chi connectivity index (χ2n) is 4.78. The highest BCUT2D eigenvalue weighted by Gasteiger charge is 2.13. The molecule has 0 saturated heterocycles. The Hall–Kier alpha value is -2.67. The van der Waals surface area contributed by atoms with Gasteiger partial charge in [0.25, 0.3) is 0 Å². The van der Waals surface area contributed by atoms with Crippen LogP contribution in [0.25, 0.3) is 16.7 Å². The first kappa shape index (κ1) is 12.4. The fourth-order valence-electron chi connectivity index (χ4n) is 2.29. The smallest absolute Gasteiger partial charge is 0.137 e. The van der Waals surface area contributed by atoms with Crippen LogP contribution in [-0.4, -0.2) is 9.55 Å². The molecule has 2 aromatic heterocycles. The zero-order valence-electron chi connectivity index (χ0n) is 11.2. The number of hydrogen-bond donors (Lipinski definition) is 0. The average Bonchev–Trinajstić information content (AvgIpc) is 2.77. The minimum atomic E-state index is -0.302. The van der Waals surface area contributed by atoms with Crippen LogP contribution < -0.4 is 0 Å². The molecule has 2 heterocycles. The van der Waals surface area contributed by atoms with Gasteiger partial charge in [0.2, 0.25) is 0 Å². The molecular weight excluding hydrogens is 253 g/mol. The van der Waals surface area contributed by atoms with Crippen LogP contribution in [0, 0.1) is 31.0 Å². The van der Waals surface area contributed by atoms with Gasteiger partial charge in [-0.15, -0.1) is 0 Å². The SMILES string of the molecule is Cc1cccc(-n2cc(C#N)c3cc(F)c(C)cc32)n1. The van der Waals surface area contributed by atoms with E-state index in [1.165, 1.54) is 6.07 Å². The molecule has 0 radical (unpaired) electrons. The van der Waals surface area contributed by atoms with E-state index in [4.69, 9.17) is 0 Å². The third-order valence-electron chi connectivity index (χ3n) is 3.33. The van der Waals surface area contributed by atoms with E-state index in [0.29, 0.717) is 16.5 Å². The zero-order valence-corrected chi connectivity index (χ0v) is 11.2. The Morgan fingerprint density at radius 3 is 2.75 bits per heavy atom. The molecule has 1 aromatic carbocycles. The van der Waals surface area contributed by atoms with Crippen molar-refractivity contribution < 1.29 is 4.39 Å². The van der Waals surface area contributed by atoms with Gasteiger partial charge in [0.15, 0.2) is 0 Å². The quantitative estimate of drug-likeness (QED) is 0.674. The number of hydrogen-bond acceptors (Lipinski definition) is 2. The van der Waals surface area contributed by atoms with Crippen LogP contribution >= 0.6 is 0 Å². The summed E-state index contributed by atoms with van der Waals surface area (Å²) in [6, 6.07) is 10.9. The lowest BCUT2D eigenvalue weighted by Crippen LogP contribution is -1.97. The van der Waals surface area contributed by atoms with Crippen molar-refractivity contribution in [2.75, 3.05) is 0 Å². The van der Waals surface area contributed by atoms with E-state index < -0.39 is 0 Å². The van der Waals surface area contributed by atoms with Gasteiger partial charge in [-0.3, -0.25) is 4.57 Å². The maximum absolute atomic E-state index is 13.7. The van der Waals surface area contributed by atoms with Crippen molar-refractivity contribution >= 4 is 10.9 Å². The molecule has 0 spiro atoms. The van der Waals surface area contributed by atoms with E-state index in [1.807, 2.05) is 29.7 Å². The van der Waals surface area contributed by atoms with Crippen molar-refractivity contribution in [2.45, 2.75) is 13.8 Å². The molecule has 3 nitrogen and oxygen atoms in total. The summed E-state index contributed by atoms with van der Waals surface area (Å²) in [5, 5.41) is 9.81. The Bertz CT molecular complexity index is 856. The van der Waals surface area contributed by atoms with Crippen molar-refractivity contribution in [2.24, 2.45) is 0 Å². The summed E-state index contributed by atoms with van der Waals surface area (Å²) in [7, 11) is 0. The highest BCUT2D eigenvalue weighted by Crippen LogP contribution is 2.26. The first-order valence-corrected chi connectivity index (χ1v) is 6.25. The van der Waals surface area contributed by atoms with E-state index in [9.17, 15) is 9.65 Å². The summed E-state index contributed by atoms with van der Waals surface area (Å²) < 4.78 is 15.5. The van der Waals surface area contributed by atoms with Gasteiger partial charge >= 0.3 is 0 Å². The molecule has 0 aliphatic carbocycles. The molecule has 98 valence electrons. The third-order valence-corrected chi connectivity index (χ3v) is 3.33. The van der Waals surface area contributed by atoms with Crippen LogP contribution in [0.15, 0.2) is 36.5 Å². The van der Waals surface area contributed by atoms with E-state index in [1.54, 1.807) is 19.2 Å². The first-order chi connectivity index (χ1) is 9.60. The van der Waals surface area contributed by atoms with Crippen LogP contribution in [0.5, 0.6) is 0 Å². The Balaban J connectivity index is 2.37. The molecule has 3 aromatic rings. The number of nitrogens with zero attached hydrogens (tertiary/aromatic N) is 3. The van der Waals surface area contributed by atoms with Gasteiger partial charge in [0.05, 0.1) is 11.1 Å². The normalized spacial score (nSPS) is 10.7. The van der Waals surface area contributed by atoms with Gasteiger partial charge in [0.1, 0.15) is 17.7 Å². The molecule has 0 aliphatic heterocycles. The number of aryl methyl sites for hydroxylation is 2. The lowest BCUT2D eigenvalue weighted by Gasteiger charge is -2.06. The maximum Gasteiger partial charge on any atom is 0.137 e. The predicted octanol–water partition coefficient (Wildman–Crippen LogP) is 3.65. The number of aromatic nitrogens is 2. The summed E-state index contributed by atoms with van der Waals surface area (Å²) in [6.07, 6.45) is 1.70. The fourth-order valence-corrected chi connectivity index (χ4v) is 2.29. The van der Waals surface area contributed by atoms with Crippen molar-refractivity contribution in [3.63, 3.8) is 0 Å². The first-order valence-electron chi connectivity index (χ1n) is 6.25. The van der Waals surface area contributed by atoms with E-state index in [2.05, 4.69) is 11.1 Å². The minimum Gasteiger partial charge on any atom is -0.300 e. The lowest BCUT2D eigenvalue weighted by atomic mass is 10.1. The minimum absolute atomic E-state index is 0.302. The number of rotatable bonds is 1. The highest BCUT2D eigenvalue weighted by molar-refractivity contribution is 5.88. The Morgan fingerprint density at radius 2 is 2.05 bits per heavy atom. The molecule has 0 bridgehead atoms. The van der Waals surface area contributed by atoms with Gasteiger partial charge in [0, 0.05) is 17.3 Å². The van der Waals surface area contributed by atoms with Crippen LogP contribution in [0.4, 0.5) is 4.39 Å². The molecule has 0 N–H and O–H groups in total. The second-order valence-corrected chi connectivity index (χ2v) is 4.78. The summed E-state index contributed by atoms with van der Waals surface area (Å²) in [5.74, 6) is 0.423. The number of pyridine rings is 1. The van der Waals surface area contributed by atoms with Gasteiger partial charge in [-0.1, -0.05) is 6.07 Å². The molecule has 0 amide bonds. The predicted molar refractivity (Wildman–Crippen MR) is 75.2 cm³/mol. The fraction of sp³-hybridized carbons (Fsp3) is 0.125. The summed E-state index contributed by atoms with van der Waals surface area (Å²) >= 11 is 0. The van der Waals surface area contributed by atoms with Gasteiger partial charge < -0.3 is 0 Å². The number of halogens is 1. The molecule has 0 fully saturated rings.